The van der Waals surface area contributed by atoms with E-state index in [1.165, 1.54) is 20.8 Å². The molecule has 1 aliphatic carbocycles. The smallest absolute Gasteiger partial charge is 0.471 e. The number of halogens is 4. The van der Waals surface area contributed by atoms with Gasteiger partial charge in [-0.2, -0.15) is 13.2 Å². The number of carboxylic acid groups (broad SMARTS) is 1. The lowest BCUT2D eigenvalue weighted by Crippen LogP contribution is -2.46. The fraction of sp³-hybridized carbons (Fsp3) is 0.500. The molecular formula is C30H35F4N3O6. The number of benzene rings is 2. The largest absolute Gasteiger partial charge is 0.487 e. The fourth-order valence-corrected chi connectivity index (χ4v) is 4.99. The average Bonchev–Trinajstić information content (AvgIpc) is 3.66. The Hall–Kier alpha value is -3.87. The van der Waals surface area contributed by atoms with E-state index >= 15 is 4.39 Å². The predicted octanol–water partition coefficient (Wildman–Crippen LogP) is 5.44. The lowest BCUT2D eigenvalue weighted by Gasteiger charge is -2.28. The predicted molar refractivity (Wildman–Crippen MR) is 150 cm³/mol. The summed E-state index contributed by atoms with van der Waals surface area (Å²) in [5, 5.41) is 13.2. The van der Waals surface area contributed by atoms with Gasteiger partial charge in [-0.1, -0.05) is 43.2 Å². The van der Waals surface area contributed by atoms with Crippen LogP contribution in [-0.2, 0) is 27.4 Å². The Labute approximate surface area is 246 Å². The highest BCUT2D eigenvalue weighted by Crippen LogP contribution is 2.45. The molecule has 0 bridgehead atoms. The van der Waals surface area contributed by atoms with Gasteiger partial charge in [0.1, 0.15) is 30.2 Å². The highest BCUT2D eigenvalue weighted by Gasteiger charge is 2.47. The number of nitrogens with zero attached hydrogens (tertiary/aromatic N) is 2. The molecule has 1 aliphatic heterocycles. The van der Waals surface area contributed by atoms with E-state index < -0.39 is 59.6 Å². The number of carbonyl (C=O) groups is 3. The van der Waals surface area contributed by atoms with E-state index in [1.54, 1.807) is 30.3 Å². The maximum absolute atomic E-state index is 16.4. The minimum atomic E-state index is -5.48. The molecule has 43 heavy (non-hydrogen) atoms. The second-order valence-corrected chi connectivity index (χ2v) is 11.7. The van der Waals surface area contributed by atoms with Crippen LogP contribution in [0.4, 0.5) is 33.7 Å². The molecule has 0 unspecified atom stereocenters. The third kappa shape index (κ3) is 8.15. The molecule has 0 spiro atoms. The molecule has 1 fully saturated rings. The molecule has 13 heteroatoms. The van der Waals surface area contributed by atoms with Crippen LogP contribution in [0, 0.1) is 11.7 Å². The van der Waals surface area contributed by atoms with E-state index in [2.05, 4.69) is 5.32 Å². The monoisotopic (exact) mass is 609 g/mol. The first-order valence-electron chi connectivity index (χ1n) is 14.0. The van der Waals surface area contributed by atoms with Gasteiger partial charge in [-0.3, -0.25) is 19.4 Å². The number of ether oxygens (including phenoxy) is 2. The van der Waals surface area contributed by atoms with Crippen LogP contribution in [0.15, 0.2) is 36.4 Å². The van der Waals surface area contributed by atoms with Gasteiger partial charge in [0.05, 0.1) is 11.7 Å². The Morgan fingerprint density at radius 2 is 1.79 bits per heavy atom. The first-order valence-corrected chi connectivity index (χ1v) is 14.0. The van der Waals surface area contributed by atoms with Crippen LogP contribution in [0.25, 0.3) is 0 Å². The van der Waals surface area contributed by atoms with Gasteiger partial charge in [0.15, 0.2) is 5.82 Å². The van der Waals surface area contributed by atoms with Crippen LogP contribution in [0.1, 0.15) is 51.2 Å². The fourth-order valence-electron chi connectivity index (χ4n) is 4.99. The number of esters is 1. The van der Waals surface area contributed by atoms with Gasteiger partial charge in [0, 0.05) is 18.2 Å². The van der Waals surface area contributed by atoms with Crippen LogP contribution in [0.3, 0.4) is 0 Å². The maximum Gasteiger partial charge on any atom is 0.471 e. The lowest BCUT2D eigenvalue weighted by molar-refractivity contribution is -0.171. The van der Waals surface area contributed by atoms with E-state index in [1.807, 2.05) is 0 Å². The number of hydrogen-bond donors (Lipinski definition) is 2. The summed E-state index contributed by atoms with van der Waals surface area (Å²) in [6.07, 6.45) is -3.82. The molecule has 9 nitrogen and oxygen atoms in total. The van der Waals surface area contributed by atoms with Crippen molar-refractivity contribution >= 4 is 29.3 Å². The standard InChI is InChI=1S/C30H35F4N3O6/c1-29(2,3)43-24(38)16-36(27(39)30(32,33)34)26-23(42-17-19-7-5-4-6-8-19)14-22-21(25(26)31)13-20(37(22)28(40)41)15-35-12-11-18-9-10-18/h4-8,14,18,20,35H,9-13,15-17H2,1-3H3,(H,40,41)/t20-/m1/s1. The van der Waals surface area contributed by atoms with Crippen LogP contribution >= 0.6 is 0 Å². The summed E-state index contributed by atoms with van der Waals surface area (Å²) in [6.45, 7) is 3.77. The molecule has 2 aromatic rings. The van der Waals surface area contributed by atoms with E-state index in [0.29, 0.717) is 18.0 Å². The van der Waals surface area contributed by atoms with Crippen molar-refractivity contribution in [1.29, 1.82) is 0 Å². The highest BCUT2D eigenvalue weighted by molar-refractivity contribution is 6.03. The summed E-state index contributed by atoms with van der Waals surface area (Å²) in [5.41, 5.74) is -1.77. The zero-order valence-corrected chi connectivity index (χ0v) is 24.2. The van der Waals surface area contributed by atoms with Gasteiger partial charge in [-0.25, -0.2) is 9.18 Å². The van der Waals surface area contributed by atoms with Gasteiger partial charge in [-0.05, 0) is 51.6 Å². The third-order valence-electron chi connectivity index (χ3n) is 7.06. The lowest BCUT2D eigenvalue weighted by atomic mass is 10.1. The van der Waals surface area contributed by atoms with E-state index in [-0.39, 0.29) is 35.7 Å². The van der Waals surface area contributed by atoms with Gasteiger partial charge < -0.3 is 19.9 Å². The van der Waals surface area contributed by atoms with E-state index in [9.17, 15) is 32.7 Å². The second-order valence-electron chi connectivity index (χ2n) is 11.7. The van der Waals surface area contributed by atoms with Crippen molar-refractivity contribution in [3.8, 4) is 5.75 Å². The Morgan fingerprint density at radius 3 is 2.37 bits per heavy atom. The quantitative estimate of drug-likeness (QED) is 0.198. The molecule has 2 aromatic carbocycles. The van der Waals surface area contributed by atoms with E-state index in [0.717, 1.165) is 30.2 Å². The molecule has 0 radical (unpaired) electrons. The number of anilines is 2. The molecule has 234 valence electrons. The summed E-state index contributed by atoms with van der Waals surface area (Å²) in [6, 6.07) is 8.79. The van der Waals surface area contributed by atoms with E-state index in [4.69, 9.17) is 9.47 Å². The summed E-state index contributed by atoms with van der Waals surface area (Å²) in [5.74, 6) is -4.89. The molecule has 1 atom stereocenters. The van der Waals surface area contributed by atoms with Gasteiger partial charge in [-0.15, -0.1) is 0 Å². The van der Waals surface area contributed by atoms with Crippen LogP contribution in [0.2, 0.25) is 0 Å². The van der Waals surface area contributed by atoms with Crippen molar-refractivity contribution in [3.63, 3.8) is 0 Å². The van der Waals surface area contributed by atoms with Gasteiger partial charge in [0.2, 0.25) is 0 Å². The number of hydrogen-bond acceptors (Lipinski definition) is 6. The molecule has 2 amide bonds. The number of fused-ring (bicyclic) bond motifs is 1. The Kier molecular flexibility index (Phi) is 9.53. The number of rotatable bonds is 11. The number of nitrogens with one attached hydrogen (secondary N) is 1. The Balaban J connectivity index is 1.77. The van der Waals surface area contributed by atoms with Crippen LogP contribution in [0.5, 0.6) is 5.75 Å². The highest BCUT2D eigenvalue weighted by atomic mass is 19.4. The zero-order chi connectivity index (χ0) is 31.5. The maximum atomic E-state index is 16.4. The van der Waals surface area contributed by atoms with Crippen molar-refractivity contribution in [2.75, 3.05) is 29.4 Å². The summed E-state index contributed by atoms with van der Waals surface area (Å²) in [4.78, 5) is 38.6. The Morgan fingerprint density at radius 1 is 1.12 bits per heavy atom. The number of alkyl halides is 3. The van der Waals surface area contributed by atoms with Crippen molar-refractivity contribution in [3.05, 3.63) is 53.3 Å². The molecular weight excluding hydrogens is 574 g/mol. The normalized spacial score (nSPS) is 16.5. The molecule has 1 saturated carbocycles. The van der Waals surface area contributed by atoms with Crippen LogP contribution in [-0.4, -0.2) is 60.5 Å². The molecule has 0 saturated heterocycles. The Bertz CT molecular complexity index is 1340. The molecule has 0 aromatic heterocycles. The topological polar surface area (TPSA) is 108 Å². The number of amides is 2. The molecule has 2 aliphatic rings. The molecule has 2 N–H and O–H groups in total. The summed E-state index contributed by atoms with van der Waals surface area (Å²) in [7, 11) is 0. The van der Waals surface area contributed by atoms with Crippen molar-refractivity contribution in [2.24, 2.45) is 5.92 Å². The zero-order valence-electron chi connectivity index (χ0n) is 24.2. The molecule has 4 rings (SSSR count). The SMILES string of the molecule is CC(C)(C)OC(=O)CN(C(=O)C(F)(F)F)c1c(OCc2ccccc2)cc2c(c1F)C[C@H](CNCCC1CC1)N2C(=O)O. The minimum Gasteiger partial charge on any atom is -0.487 e. The van der Waals surface area contributed by atoms with Crippen molar-refractivity contribution in [2.45, 2.75) is 70.9 Å². The summed E-state index contributed by atoms with van der Waals surface area (Å²) < 4.78 is 68.8. The average molecular weight is 610 g/mol. The van der Waals surface area contributed by atoms with Crippen molar-refractivity contribution < 1.29 is 46.5 Å². The first kappa shape index (κ1) is 32.1. The van der Waals surface area contributed by atoms with Gasteiger partial charge >= 0.3 is 24.1 Å². The van der Waals surface area contributed by atoms with Crippen LogP contribution < -0.4 is 19.9 Å². The molecule has 1 heterocycles. The van der Waals surface area contributed by atoms with Crippen molar-refractivity contribution in [1.82, 2.24) is 5.32 Å². The van der Waals surface area contributed by atoms with Gasteiger partial charge in [0.25, 0.3) is 0 Å². The minimum absolute atomic E-state index is 0.0453. The first-order chi connectivity index (χ1) is 20.2. The summed E-state index contributed by atoms with van der Waals surface area (Å²) >= 11 is 0. The second kappa shape index (κ2) is 12.8. The third-order valence-corrected chi connectivity index (χ3v) is 7.06. The number of carbonyl (C=O) groups excluding carboxylic acids is 2.